The predicted octanol–water partition coefficient (Wildman–Crippen LogP) is 2.26. The normalized spacial score (nSPS) is 10.5. The molecule has 0 aliphatic heterocycles. The summed E-state index contributed by atoms with van der Waals surface area (Å²) in [4.78, 5) is 12.3. The molecule has 0 aliphatic carbocycles. The average molecular weight is 241 g/mol. The van der Waals surface area contributed by atoms with Crippen LogP contribution in [0, 0.1) is 0 Å². The zero-order valence-electron chi connectivity index (χ0n) is 7.87. The van der Waals surface area contributed by atoms with E-state index in [1.807, 2.05) is 24.3 Å². The van der Waals surface area contributed by atoms with Gasteiger partial charge in [0, 0.05) is 17.8 Å². The van der Waals surface area contributed by atoms with Gasteiger partial charge in [0.05, 0.1) is 5.52 Å². The second kappa shape index (κ2) is 4.59. The van der Waals surface area contributed by atoms with Gasteiger partial charge in [0.2, 0.25) is 0 Å². The van der Waals surface area contributed by atoms with E-state index in [2.05, 4.69) is 9.69 Å². The summed E-state index contributed by atoms with van der Waals surface area (Å²) >= 11 is 6.71. The van der Waals surface area contributed by atoms with Crippen LogP contribution in [0.4, 0.5) is 0 Å². The number of nitrogens with one attached hydrogen (secondary N) is 1. The predicted molar refractivity (Wildman–Crippen MR) is 62.7 cm³/mol. The lowest BCUT2D eigenvalue weighted by Gasteiger charge is -1.99. The molecule has 1 heterocycles. The molecule has 1 aromatic carbocycles. The molecular weight excluding hydrogens is 232 g/mol. The molecule has 2 aromatic rings. The van der Waals surface area contributed by atoms with Crippen molar-refractivity contribution in [1.82, 2.24) is 9.69 Å². The van der Waals surface area contributed by atoms with Gasteiger partial charge < -0.3 is 5.32 Å². The molecular formula is C10H9ClN2OS. The lowest BCUT2D eigenvalue weighted by Crippen LogP contribution is -2.24. The molecule has 15 heavy (non-hydrogen) atoms. The summed E-state index contributed by atoms with van der Waals surface area (Å²) in [6.07, 6.45) is 0. The lowest BCUT2D eigenvalue weighted by molar-refractivity contribution is 0.0961. The second-order valence-electron chi connectivity index (χ2n) is 2.97. The topological polar surface area (TPSA) is 42.0 Å². The number of carbonyl (C=O) groups is 1. The van der Waals surface area contributed by atoms with E-state index < -0.39 is 0 Å². The summed E-state index contributed by atoms with van der Waals surface area (Å²) in [7, 11) is 0. The van der Waals surface area contributed by atoms with E-state index in [9.17, 15) is 4.79 Å². The molecule has 0 saturated carbocycles. The first-order valence-corrected chi connectivity index (χ1v) is 5.82. The number of hydrogen-bond donors (Lipinski definition) is 1. The van der Waals surface area contributed by atoms with Crippen molar-refractivity contribution in [3.05, 3.63) is 29.1 Å². The van der Waals surface area contributed by atoms with Gasteiger partial charge in [-0.2, -0.15) is 4.37 Å². The highest BCUT2D eigenvalue weighted by Gasteiger charge is 2.12. The van der Waals surface area contributed by atoms with Crippen LogP contribution in [0.5, 0.6) is 0 Å². The minimum Gasteiger partial charge on any atom is -0.350 e. The number of fused-ring (bicyclic) bond motifs is 1. The van der Waals surface area contributed by atoms with Crippen molar-refractivity contribution in [1.29, 1.82) is 0 Å². The molecule has 0 fully saturated rings. The molecule has 1 amide bonds. The van der Waals surface area contributed by atoms with Crippen LogP contribution in [-0.4, -0.2) is 22.7 Å². The van der Waals surface area contributed by atoms with E-state index in [0.29, 0.717) is 17.3 Å². The highest BCUT2D eigenvalue weighted by atomic mass is 35.5. The number of halogens is 1. The molecule has 78 valence electrons. The van der Waals surface area contributed by atoms with Gasteiger partial charge in [-0.05, 0) is 17.6 Å². The molecule has 0 atom stereocenters. The standard InChI is InChI=1S/C10H9ClN2OS/c11-5-6-12-10(14)9-7-3-1-2-4-8(7)13-15-9/h1-4H,5-6H2,(H,12,14). The van der Waals surface area contributed by atoms with Crippen molar-refractivity contribution in [2.75, 3.05) is 12.4 Å². The summed E-state index contributed by atoms with van der Waals surface area (Å²) in [6.45, 7) is 0.479. The van der Waals surface area contributed by atoms with E-state index in [4.69, 9.17) is 11.6 Å². The first-order chi connectivity index (χ1) is 7.33. The molecule has 0 saturated heterocycles. The fourth-order valence-electron chi connectivity index (χ4n) is 1.29. The van der Waals surface area contributed by atoms with E-state index in [1.165, 1.54) is 11.5 Å². The molecule has 0 aliphatic rings. The van der Waals surface area contributed by atoms with E-state index >= 15 is 0 Å². The van der Waals surface area contributed by atoms with Crippen molar-refractivity contribution < 1.29 is 4.79 Å². The maximum Gasteiger partial charge on any atom is 0.263 e. The third-order valence-corrected chi connectivity index (χ3v) is 3.04. The first-order valence-electron chi connectivity index (χ1n) is 4.51. The van der Waals surface area contributed by atoms with Crippen LogP contribution in [0.3, 0.4) is 0 Å². The van der Waals surface area contributed by atoms with Gasteiger partial charge in [-0.25, -0.2) is 0 Å². The minimum absolute atomic E-state index is 0.102. The fraction of sp³-hybridized carbons (Fsp3) is 0.200. The molecule has 1 N–H and O–H groups in total. The number of amides is 1. The maximum atomic E-state index is 11.7. The highest BCUT2D eigenvalue weighted by molar-refractivity contribution is 7.09. The second-order valence-corrected chi connectivity index (χ2v) is 4.13. The summed E-state index contributed by atoms with van der Waals surface area (Å²) < 4.78 is 4.20. The quantitative estimate of drug-likeness (QED) is 0.837. The van der Waals surface area contributed by atoms with Crippen LogP contribution in [0.2, 0.25) is 0 Å². The lowest BCUT2D eigenvalue weighted by atomic mass is 10.2. The summed E-state index contributed by atoms with van der Waals surface area (Å²) in [6, 6.07) is 7.59. The van der Waals surface area contributed by atoms with Crippen LogP contribution < -0.4 is 5.32 Å². The van der Waals surface area contributed by atoms with Gasteiger partial charge in [0.15, 0.2) is 0 Å². The zero-order chi connectivity index (χ0) is 10.7. The number of nitrogens with zero attached hydrogens (tertiary/aromatic N) is 1. The Kier molecular flexibility index (Phi) is 3.18. The Morgan fingerprint density at radius 3 is 3.07 bits per heavy atom. The van der Waals surface area contributed by atoms with Crippen LogP contribution in [-0.2, 0) is 0 Å². The monoisotopic (exact) mass is 240 g/mol. The van der Waals surface area contributed by atoms with Crippen molar-refractivity contribution >= 4 is 39.9 Å². The largest absolute Gasteiger partial charge is 0.350 e. The van der Waals surface area contributed by atoms with Gasteiger partial charge in [-0.15, -0.1) is 11.6 Å². The SMILES string of the molecule is O=C(NCCCl)c1snc2ccccc12. The zero-order valence-corrected chi connectivity index (χ0v) is 9.44. The Balaban J connectivity index is 2.31. The summed E-state index contributed by atoms with van der Waals surface area (Å²) in [5, 5.41) is 3.62. The Morgan fingerprint density at radius 1 is 1.47 bits per heavy atom. The fourth-order valence-corrected chi connectivity index (χ4v) is 2.16. The summed E-state index contributed by atoms with van der Waals surface area (Å²) in [5.74, 6) is 0.317. The molecule has 1 aromatic heterocycles. The highest BCUT2D eigenvalue weighted by Crippen LogP contribution is 2.21. The Bertz CT molecular complexity index is 483. The van der Waals surface area contributed by atoms with Crippen molar-refractivity contribution in [2.45, 2.75) is 0 Å². The maximum absolute atomic E-state index is 11.7. The van der Waals surface area contributed by atoms with Gasteiger partial charge in [0.1, 0.15) is 4.88 Å². The molecule has 3 nitrogen and oxygen atoms in total. The van der Waals surface area contributed by atoms with Crippen LogP contribution in [0.15, 0.2) is 24.3 Å². The number of alkyl halides is 1. The Hall–Kier alpha value is -1.13. The third kappa shape index (κ3) is 2.11. The van der Waals surface area contributed by atoms with Gasteiger partial charge in [-0.1, -0.05) is 18.2 Å². The van der Waals surface area contributed by atoms with Crippen LogP contribution in [0.1, 0.15) is 9.67 Å². The van der Waals surface area contributed by atoms with Gasteiger partial charge >= 0.3 is 0 Å². The van der Waals surface area contributed by atoms with Crippen molar-refractivity contribution in [3.63, 3.8) is 0 Å². The van der Waals surface area contributed by atoms with Gasteiger partial charge in [0.25, 0.3) is 5.91 Å². The first kappa shape index (κ1) is 10.4. The molecule has 0 bridgehead atoms. The summed E-state index contributed by atoms with van der Waals surface area (Å²) in [5.41, 5.74) is 0.860. The van der Waals surface area contributed by atoms with E-state index in [0.717, 1.165) is 10.9 Å². The number of benzene rings is 1. The number of carbonyl (C=O) groups excluding carboxylic acids is 1. The smallest absolute Gasteiger partial charge is 0.263 e. The average Bonchev–Trinajstić information content (AvgIpc) is 2.69. The van der Waals surface area contributed by atoms with Crippen LogP contribution in [0.25, 0.3) is 10.9 Å². The van der Waals surface area contributed by atoms with Gasteiger partial charge in [-0.3, -0.25) is 4.79 Å². The molecule has 0 spiro atoms. The van der Waals surface area contributed by atoms with Crippen molar-refractivity contribution in [2.24, 2.45) is 0 Å². The van der Waals surface area contributed by atoms with Crippen molar-refractivity contribution in [3.8, 4) is 0 Å². The number of hydrogen-bond acceptors (Lipinski definition) is 3. The third-order valence-electron chi connectivity index (χ3n) is 1.97. The number of aromatic nitrogens is 1. The molecule has 2 rings (SSSR count). The number of rotatable bonds is 3. The molecule has 0 unspecified atom stereocenters. The molecule has 0 radical (unpaired) electrons. The van der Waals surface area contributed by atoms with E-state index in [-0.39, 0.29) is 5.91 Å². The minimum atomic E-state index is -0.102. The van der Waals surface area contributed by atoms with E-state index in [1.54, 1.807) is 0 Å². The Morgan fingerprint density at radius 2 is 2.27 bits per heavy atom. The van der Waals surface area contributed by atoms with Crippen LogP contribution >= 0.6 is 23.1 Å². The Labute approximate surface area is 96.2 Å². The molecule has 5 heteroatoms.